The molecule has 0 aliphatic heterocycles. The summed E-state index contributed by atoms with van der Waals surface area (Å²) in [4.78, 5) is 0. The standard InChI is InChI=1S/C8H16N2/c1-4-8(9)5-7(2)6-10-3/h5-6,10H,4,9H2,1-3H3/b7-6-,8-5+. The Labute approximate surface area is 62.8 Å². The fourth-order valence-corrected chi connectivity index (χ4v) is 0.664. The van der Waals surface area contributed by atoms with Crippen LogP contribution in [0.1, 0.15) is 20.3 Å². The zero-order valence-electron chi connectivity index (χ0n) is 6.94. The highest BCUT2D eigenvalue weighted by Crippen LogP contribution is 1.98. The van der Waals surface area contributed by atoms with Crippen LogP contribution in [0.5, 0.6) is 0 Å². The van der Waals surface area contributed by atoms with Crippen LogP contribution >= 0.6 is 0 Å². The van der Waals surface area contributed by atoms with E-state index < -0.39 is 0 Å². The van der Waals surface area contributed by atoms with Gasteiger partial charge in [0.2, 0.25) is 0 Å². The van der Waals surface area contributed by atoms with Crippen molar-refractivity contribution in [1.82, 2.24) is 5.32 Å². The third kappa shape index (κ3) is 4.01. The van der Waals surface area contributed by atoms with Gasteiger partial charge in [-0.2, -0.15) is 0 Å². The molecule has 0 aromatic carbocycles. The fraction of sp³-hybridized carbons (Fsp3) is 0.500. The molecule has 0 saturated heterocycles. The maximum Gasteiger partial charge on any atom is 0.00808 e. The van der Waals surface area contributed by atoms with Crippen LogP contribution in [0.4, 0.5) is 0 Å². The van der Waals surface area contributed by atoms with E-state index in [9.17, 15) is 0 Å². The molecule has 0 radical (unpaired) electrons. The van der Waals surface area contributed by atoms with Gasteiger partial charge in [-0.3, -0.25) is 0 Å². The van der Waals surface area contributed by atoms with E-state index in [0.717, 1.165) is 17.7 Å². The van der Waals surface area contributed by atoms with Gasteiger partial charge < -0.3 is 11.1 Å². The van der Waals surface area contributed by atoms with Crippen molar-refractivity contribution >= 4 is 0 Å². The van der Waals surface area contributed by atoms with Crippen LogP contribution in [0.15, 0.2) is 23.5 Å². The Bertz CT molecular complexity index is 145. The average Bonchev–Trinajstić information content (AvgIpc) is 1.88. The molecule has 0 fully saturated rings. The molecule has 0 saturated carbocycles. The number of nitrogens with two attached hydrogens (primary N) is 1. The van der Waals surface area contributed by atoms with E-state index in [1.165, 1.54) is 0 Å². The van der Waals surface area contributed by atoms with Gasteiger partial charge in [-0.25, -0.2) is 0 Å². The zero-order chi connectivity index (χ0) is 7.98. The lowest BCUT2D eigenvalue weighted by molar-refractivity contribution is 1.05. The van der Waals surface area contributed by atoms with E-state index in [-0.39, 0.29) is 0 Å². The molecule has 0 rings (SSSR count). The van der Waals surface area contributed by atoms with E-state index in [1.54, 1.807) is 0 Å². The lowest BCUT2D eigenvalue weighted by Gasteiger charge is -1.96. The maximum absolute atomic E-state index is 5.60. The second-order valence-electron chi connectivity index (χ2n) is 2.25. The Balaban J connectivity index is 3.98. The van der Waals surface area contributed by atoms with Crippen molar-refractivity contribution in [2.75, 3.05) is 7.05 Å². The van der Waals surface area contributed by atoms with Gasteiger partial charge in [0.05, 0.1) is 0 Å². The number of hydrogen-bond donors (Lipinski definition) is 2. The first kappa shape index (κ1) is 9.08. The van der Waals surface area contributed by atoms with Crippen LogP contribution in [0.2, 0.25) is 0 Å². The van der Waals surface area contributed by atoms with Crippen molar-refractivity contribution in [3.05, 3.63) is 23.5 Å². The minimum absolute atomic E-state index is 0.912. The monoisotopic (exact) mass is 140 g/mol. The topological polar surface area (TPSA) is 38.0 Å². The predicted octanol–water partition coefficient (Wildman–Crippen LogP) is 1.36. The molecule has 0 aliphatic rings. The summed E-state index contributed by atoms with van der Waals surface area (Å²) in [7, 11) is 1.87. The van der Waals surface area contributed by atoms with Crippen LogP contribution in [0.25, 0.3) is 0 Å². The van der Waals surface area contributed by atoms with E-state index in [2.05, 4.69) is 5.32 Å². The van der Waals surface area contributed by atoms with Gasteiger partial charge >= 0.3 is 0 Å². The molecule has 0 atom stereocenters. The van der Waals surface area contributed by atoms with Gasteiger partial charge in [0, 0.05) is 12.7 Å². The quantitative estimate of drug-likeness (QED) is 0.581. The first-order valence-electron chi connectivity index (χ1n) is 3.50. The molecule has 0 aliphatic carbocycles. The van der Waals surface area contributed by atoms with Gasteiger partial charge in [-0.15, -0.1) is 0 Å². The summed E-state index contributed by atoms with van der Waals surface area (Å²) in [5.41, 5.74) is 7.67. The van der Waals surface area contributed by atoms with Crippen LogP contribution < -0.4 is 11.1 Å². The predicted molar refractivity (Wildman–Crippen MR) is 45.4 cm³/mol. The highest BCUT2D eigenvalue weighted by Gasteiger charge is 1.84. The van der Waals surface area contributed by atoms with Crippen molar-refractivity contribution in [2.45, 2.75) is 20.3 Å². The second-order valence-corrected chi connectivity index (χ2v) is 2.25. The van der Waals surface area contributed by atoms with Gasteiger partial charge in [0.1, 0.15) is 0 Å². The summed E-state index contributed by atoms with van der Waals surface area (Å²) in [6.07, 6.45) is 4.80. The summed E-state index contributed by atoms with van der Waals surface area (Å²) in [5.74, 6) is 0. The van der Waals surface area contributed by atoms with Gasteiger partial charge in [0.25, 0.3) is 0 Å². The van der Waals surface area contributed by atoms with Gasteiger partial charge in [-0.1, -0.05) is 6.92 Å². The van der Waals surface area contributed by atoms with Crippen molar-refractivity contribution in [3.63, 3.8) is 0 Å². The van der Waals surface area contributed by atoms with Crippen molar-refractivity contribution in [2.24, 2.45) is 5.73 Å². The molecule has 0 spiro atoms. The van der Waals surface area contributed by atoms with Gasteiger partial charge in [-0.05, 0) is 31.2 Å². The minimum atomic E-state index is 0.912. The molecule has 0 unspecified atom stereocenters. The van der Waals surface area contributed by atoms with E-state index in [1.807, 2.05) is 33.2 Å². The van der Waals surface area contributed by atoms with Gasteiger partial charge in [0.15, 0.2) is 0 Å². The maximum atomic E-state index is 5.60. The molecule has 3 N–H and O–H groups in total. The molecule has 0 aromatic rings. The fourth-order valence-electron chi connectivity index (χ4n) is 0.664. The van der Waals surface area contributed by atoms with Crippen LogP contribution in [-0.2, 0) is 0 Å². The van der Waals surface area contributed by atoms with E-state index >= 15 is 0 Å². The van der Waals surface area contributed by atoms with Crippen molar-refractivity contribution in [1.29, 1.82) is 0 Å². The molecule has 10 heavy (non-hydrogen) atoms. The largest absolute Gasteiger partial charge is 0.402 e. The highest BCUT2D eigenvalue weighted by molar-refractivity contribution is 5.18. The minimum Gasteiger partial charge on any atom is -0.402 e. The summed E-state index contributed by atoms with van der Waals surface area (Å²) in [6, 6.07) is 0. The SMILES string of the molecule is CC/C(N)=C\C(C)=C/NC. The Morgan fingerprint density at radius 3 is 2.60 bits per heavy atom. The normalized spacial score (nSPS) is 13.5. The molecule has 2 heteroatoms. The molecule has 2 nitrogen and oxygen atoms in total. The molecule has 0 amide bonds. The smallest absolute Gasteiger partial charge is 0.00808 e. The summed E-state index contributed by atoms with van der Waals surface area (Å²) in [6.45, 7) is 4.05. The number of hydrogen-bond acceptors (Lipinski definition) is 2. The zero-order valence-corrected chi connectivity index (χ0v) is 6.94. The summed E-state index contributed by atoms with van der Waals surface area (Å²) in [5, 5.41) is 2.93. The Kier molecular flexibility index (Phi) is 4.46. The first-order chi connectivity index (χ1) is 4.70. The summed E-state index contributed by atoms with van der Waals surface area (Å²) >= 11 is 0. The van der Waals surface area contributed by atoms with Crippen LogP contribution in [0, 0.1) is 0 Å². The molecular formula is C8H16N2. The van der Waals surface area contributed by atoms with E-state index in [4.69, 9.17) is 5.73 Å². The highest BCUT2D eigenvalue weighted by atomic mass is 14.8. The molecule has 0 heterocycles. The Morgan fingerprint density at radius 1 is 1.60 bits per heavy atom. The van der Waals surface area contributed by atoms with Crippen molar-refractivity contribution < 1.29 is 0 Å². The van der Waals surface area contributed by atoms with Crippen LogP contribution in [0.3, 0.4) is 0 Å². The number of nitrogens with one attached hydrogen (secondary N) is 1. The summed E-state index contributed by atoms with van der Waals surface area (Å²) < 4.78 is 0. The van der Waals surface area contributed by atoms with E-state index in [0.29, 0.717) is 0 Å². The Morgan fingerprint density at radius 2 is 2.20 bits per heavy atom. The van der Waals surface area contributed by atoms with Crippen LogP contribution in [-0.4, -0.2) is 7.05 Å². The average molecular weight is 140 g/mol. The molecule has 0 aromatic heterocycles. The first-order valence-corrected chi connectivity index (χ1v) is 3.50. The molecule has 58 valence electrons. The molecular weight excluding hydrogens is 124 g/mol. The third-order valence-electron chi connectivity index (χ3n) is 1.19. The van der Waals surface area contributed by atoms with Crippen molar-refractivity contribution in [3.8, 4) is 0 Å². The lowest BCUT2D eigenvalue weighted by Crippen LogP contribution is -1.97. The molecule has 0 bridgehead atoms. The lowest BCUT2D eigenvalue weighted by atomic mass is 10.2. The second kappa shape index (κ2) is 4.91. The third-order valence-corrected chi connectivity index (χ3v) is 1.19. The number of allylic oxidation sites excluding steroid dienone is 3. The Hall–Kier alpha value is -0.920. The number of rotatable bonds is 3.